The molecule has 0 unspecified atom stereocenters. The Balaban J connectivity index is 2.84. The zero-order valence-electron chi connectivity index (χ0n) is 7.54. The van der Waals surface area contributed by atoms with Crippen molar-refractivity contribution in [2.45, 2.75) is 6.43 Å². The van der Waals surface area contributed by atoms with Crippen molar-refractivity contribution in [2.24, 2.45) is 0 Å². The van der Waals surface area contributed by atoms with Crippen LogP contribution in [0, 0.1) is 0 Å². The summed E-state index contributed by atoms with van der Waals surface area (Å²) in [6.07, 6.45) is -1.04. The van der Waals surface area contributed by atoms with Crippen molar-refractivity contribution in [3.63, 3.8) is 0 Å². The number of nitrogen functional groups attached to an aromatic ring is 1. The van der Waals surface area contributed by atoms with Gasteiger partial charge in [0.05, 0.1) is 23.5 Å². The van der Waals surface area contributed by atoms with Crippen LogP contribution >= 0.6 is 11.6 Å². The van der Waals surface area contributed by atoms with Gasteiger partial charge in [0, 0.05) is 7.05 Å². The summed E-state index contributed by atoms with van der Waals surface area (Å²) in [5.41, 5.74) is 5.82. The van der Waals surface area contributed by atoms with E-state index in [1.54, 1.807) is 0 Å². The number of nitrogens with zero attached hydrogens (tertiary/aromatic N) is 2. The summed E-state index contributed by atoms with van der Waals surface area (Å²) in [6, 6.07) is 1.48. The minimum Gasteiger partial charge on any atom is -0.397 e. The Kier molecular flexibility index (Phi) is 3.46. The lowest BCUT2D eigenvalue weighted by Gasteiger charge is -2.18. The molecule has 1 aromatic heterocycles. The van der Waals surface area contributed by atoms with Gasteiger partial charge in [-0.1, -0.05) is 11.6 Å². The van der Waals surface area contributed by atoms with Gasteiger partial charge in [-0.3, -0.25) is 0 Å². The molecule has 1 heterocycles. The van der Waals surface area contributed by atoms with Gasteiger partial charge in [0.2, 0.25) is 0 Å². The second kappa shape index (κ2) is 4.41. The summed E-state index contributed by atoms with van der Waals surface area (Å²) >= 11 is 5.78. The molecule has 3 nitrogen and oxygen atoms in total. The number of alkyl halides is 2. The van der Waals surface area contributed by atoms with Gasteiger partial charge in [-0.15, -0.1) is 0 Å². The fourth-order valence-electron chi connectivity index (χ4n) is 1.02. The normalized spacial score (nSPS) is 10.6. The summed E-state index contributed by atoms with van der Waals surface area (Å²) in [6.45, 7) is -0.406. The van der Waals surface area contributed by atoms with Crippen molar-refractivity contribution >= 4 is 23.1 Å². The van der Waals surface area contributed by atoms with E-state index in [1.165, 1.54) is 24.2 Å². The van der Waals surface area contributed by atoms with Crippen LogP contribution in [0.4, 0.5) is 20.3 Å². The van der Waals surface area contributed by atoms with Crippen molar-refractivity contribution in [3.05, 3.63) is 17.3 Å². The highest BCUT2D eigenvalue weighted by Gasteiger charge is 2.12. The molecular weight excluding hydrogens is 212 g/mol. The number of aromatic nitrogens is 1. The molecule has 6 heteroatoms. The van der Waals surface area contributed by atoms with Gasteiger partial charge in [0.15, 0.2) is 0 Å². The van der Waals surface area contributed by atoms with Gasteiger partial charge in [-0.25, -0.2) is 13.8 Å². The van der Waals surface area contributed by atoms with Crippen LogP contribution in [0.3, 0.4) is 0 Å². The number of anilines is 2. The molecule has 1 rings (SSSR count). The van der Waals surface area contributed by atoms with Gasteiger partial charge in [0.1, 0.15) is 5.82 Å². The molecule has 78 valence electrons. The van der Waals surface area contributed by atoms with E-state index in [0.29, 0.717) is 11.5 Å². The van der Waals surface area contributed by atoms with E-state index in [-0.39, 0.29) is 5.02 Å². The second-order valence-corrected chi connectivity index (χ2v) is 3.25. The van der Waals surface area contributed by atoms with Crippen LogP contribution in [0.25, 0.3) is 0 Å². The van der Waals surface area contributed by atoms with Gasteiger partial charge in [-0.2, -0.15) is 0 Å². The van der Waals surface area contributed by atoms with E-state index in [4.69, 9.17) is 17.3 Å². The van der Waals surface area contributed by atoms with Crippen molar-refractivity contribution < 1.29 is 8.78 Å². The first kappa shape index (κ1) is 11.0. The predicted molar refractivity (Wildman–Crippen MR) is 52.9 cm³/mol. The molecule has 0 atom stereocenters. The topological polar surface area (TPSA) is 42.2 Å². The predicted octanol–water partition coefficient (Wildman–Crippen LogP) is 2.02. The standard InChI is InChI=1S/C8H10ClF2N3/c1-14(4-7(10)11)8-6(9)2-5(12)3-13-8/h2-3,7H,4,12H2,1H3. The van der Waals surface area contributed by atoms with Crippen molar-refractivity contribution in [3.8, 4) is 0 Å². The van der Waals surface area contributed by atoms with Gasteiger partial charge in [-0.05, 0) is 6.07 Å². The van der Waals surface area contributed by atoms with E-state index >= 15 is 0 Å². The first-order chi connectivity index (χ1) is 6.50. The summed E-state index contributed by atoms with van der Waals surface area (Å²) in [5.74, 6) is 0.307. The van der Waals surface area contributed by atoms with Crippen LogP contribution in [-0.4, -0.2) is 25.0 Å². The van der Waals surface area contributed by atoms with Crippen LogP contribution in [0.1, 0.15) is 0 Å². The summed E-state index contributed by atoms with van der Waals surface area (Å²) in [4.78, 5) is 5.15. The average Bonchev–Trinajstić information content (AvgIpc) is 2.01. The maximum Gasteiger partial charge on any atom is 0.255 e. The molecule has 0 aliphatic carbocycles. The van der Waals surface area contributed by atoms with E-state index in [1.807, 2.05) is 0 Å². The molecule has 0 aliphatic rings. The molecule has 0 aliphatic heterocycles. The number of nitrogens with two attached hydrogens (primary N) is 1. The smallest absolute Gasteiger partial charge is 0.255 e. The van der Waals surface area contributed by atoms with Gasteiger partial charge >= 0.3 is 0 Å². The lowest BCUT2D eigenvalue weighted by Crippen LogP contribution is -2.25. The number of hydrogen-bond acceptors (Lipinski definition) is 3. The Bertz CT molecular complexity index is 319. The highest BCUT2D eigenvalue weighted by Crippen LogP contribution is 2.24. The molecule has 0 saturated heterocycles. The zero-order valence-corrected chi connectivity index (χ0v) is 8.30. The van der Waals surface area contributed by atoms with Gasteiger partial charge < -0.3 is 10.6 Å². The Morgan fingerprint density at radius 3 is 2.79 bits per heavy atom. The van der Waals surface area contributed by atoms with Crippen LogP contribution in [-0.2, 0) is 0 Å². The maximum atomic E-state index is 12.0. The van der Waals surface area contributed by atoms with Crippen LogP contribution in [0.15, 0.2) is 12.3 Å². The number of pyridine rings is 1. The van der Waals surface area contributed by atoms with Crippen LogP contribution in [0.2, 0.25) is 5.02 Å². The molecule has 1 aromatic rings. The van der Waals surface area contributed by atoms with Crippen molar-refractivity contribution in [1.29, 1.82) is 0 Å². The minimum atomic E-state index is -2.42. The van der Waals surface area contributed by atoms with Crippen LogP contribution < -0.4 is 10.6 Å². The summed E-state index contributed by atoms with van der Waals surface area (Å²) in [7, 11) is 1.50. The first-order valence-corrected chi connectivity index (χ1v) is 4.29. The van der Waals surface area contributed by atoms with E-state index in [0.717, 1.165) is 0 Å². The number of rotatable bonds is 3. The molecule has 2 N–H and O–H groups in total. The largest absolute Gasteiger partial charge is 0.397 e. The highest BCUT2D eigenvalue weighted by molar-refractivity contribution is 6.33. The third-order valence-corrected chi connectivity index (χ3v) is 1.89. The number of hydrogen-bond donors (Lipinski definition) is 1. The lowest BCUT2D eigenvalue weighted by atomic mass is 10.4. The van der Waals surface area contributed by atoms with E-state index < -0.39 is 13.0 Å². The first-order valence-electron chi connectivity index (χ1n) is 3.91. The second-order valence-electron chi connectivity index (χ2n) is 2.85. The maximum absolute atomic E-state index is 12.0. The van der Waals surface area contributed by atoms with Crippen LogP contribution in [0.5, 0.6) is 0 Å². The van der Waals surface area contributed by atoms with Crippen molar-refractivity contribution in [2.75, 3.05) is 24.2 Å². The lowest BCUT2D eigenvalue weighted by molar-refractivity contribution is 0.156. The minimum absolute atomic E-state index is 0.271. The fraction of sp³-hybridized carbons (Fsp3) is 0.375. The van der Waals surface area contributed by atoms with E-state index in [2.05, 4.69) is 4.98 Å². The van der Waals surface area contributed by atoms with Gasteiger partial charge in [0.25, 0.3) is 6.43 Å². The molecule has 0 aromatic carbocycles. The zero-order chi connectivity index (χ0) is 10.7. The molecule has 0 fully saturated rings. The monoisotopic (exact) mass is 221 g/mol. The third kappa shape index (κ3) is 2.70. The molecule has 0 saturated carbocycles. The Hall–Kier alpha value is -1.10. The molecular formula is C8H10ClF2N3. The molecule has 0 radical (unpaired) electrons. The molecule has 0 spiro atoms. The average molecular weight is 222 g/mol. The summed E-state index contributed by atoms with van der Waals surface area (Å²) < 4.78 is 24.1. The third-order valence-electron chi connectivity index (χ3n) is 1.62. The summed E-state index contributed by atoms with van der Waals surface area (Å²) in [5, 5.41) is 0.271. The number of halogens is 3. The highest BCUT2D eigenvalue weighted by atomic mass is 35.5. The Morgan fingerprint density at radius 2 is 2.29 bits per heavy atom. The quantitative estimate of drug-likeness (QED) is 0.849. The Morgan fingerprint density at radius 1 is 1.64 bits per heavy atom. The molecule has 14 heavy (non-hydrogen) atoms. The van der Waals surface area contributed by atoms with E-state index in [9.17, 15) is 8.78 Å². The van der Waals surface area contributed by atoms with Crippen molar-refractivity contribution in [1.82, 2.24) is 4.98 Å². The Labute approximate surface area is 85.5 Å². The fourth-order valence-corrected chi connectivity index (χ4v) is 1.34. The molecule has 0 bridgehead atoms. The SMILES string of the molecule is CN(CC(F)F)c1ncc(N)cc1Cl. The molecule has 0 amide bonds.